The van der Waals surface area contributed by atoms with Gasteiger partial charge in [-0.3, -0.25) is 4.79 Å². The van der Waals surface area contributed by atoms with Gasteiger partial charge in [-0.2, -0.15) is 0 Å². The van der Waals surface area contributed by atoms with Crippen molar-refractivity contribution in [3.63, 3.8) is 0 Å². The second-order valence-corrected chi connectivity index (χ2v) is 6.39. The number of carbonyl (C=O) groups excluding carboxylic acids is 1. The summed E-state index contributed by atoms with van der Waals surface area (Å²) in [6.07, 6.45) is 5.88. The minimum atomic E-state index is -0.920. The molecule has 0 aliphatic heterocycles. The zero-order valence-electron chi connectivity index (χ0n) is 12.0. The average molecular weight is 307 g/mol. The van der Waals surface area contributed by atoms with Gasteiger partial charge in [0.05, 0.1) is 11.3 Å². The maximum Gasteiger partial charge on any atom is 0.335 e. The second-order valence-electron chi connectivity index (χ2n) is 5.40. The van der Waals surface area contributed by atoms with Crippen LogP contribution in [0.4, 0.5) is 0 Å². The van der Waals surface area contributed by atoms with Crippen molar-refractivity contribution >= 4 is 23.6 Å². The Morgan fingerprint density at radius 3 is 2.71 bits per heavy atom. The number of hydrogen-bond acceptors (Lipinski definition) is 3. The molecule has 2 N–H and O–H groups in total. The molecule has 0 heterocycles. The van der Waals surface area contributed by atoms with Crippen LogP contribution in [0.3, 0.4) is 0 Å². The number of hydrogen-bond donors (Lipinski definition) is 2. The molecule has 0 radical (unpaired) electrons. The van der Waals surface area contributed by atoms with E-state index in [4.69, 9.17) is 5.11 Å². The van der Waals surface area contributed by atoms with Crippen LogP contribution >= 0.6 is 11.8 Å². The highest BCUT2D eigenvalue weighted by atomic mass is 32.2. The van der Waals surface area contributed by atoms with Crippen LogP contribution in [0, 0.1) is 0 Å². The summed E-state index contributed by atoms with van der Waals surface area (Å²) in [5.74, 6) is 0.241. The Balaban J connectivity index is 1.72. The molecule has 1 aromatic carbocycles. The lowest BCUT2D eigenvalue weighted by Gasteiger charge is -2.22. The van der Waals surface area contributed by atoms with E-state index in [1.807, 2.05) is 6.07 Å². The molecule has 1 amide bonds. The predicted octanol–water partition coefficient (Wildman–Crippen LogP) is 3.07. The number of carboxylic acids is 1. The van der Waals surface area contributed by atoms with E-state index in [1.165, 1.54) is 31.0 Å². The number of aromatic carboxylic acids is 1. The molecule has 0 saturated heterocycles. The molecule has 0 aromatic heterocycles. The van der Waals surface area contributed by atoms with Crippen LogP contribution in [0.1, 0.15) is 48.0 Å². The SMILES string of the molecule is O=C(CSCc1cccc(C(=O)O)c1)NC1CCCCC1. The summed E-state index contributed by atoms with van der Waals surface area (Å²) < 4.78 is 0. The first kappa shape index (κ1) is 15.9. The maximum atomic E-state index is 11.9. The first-order chi connectivity index (χ1) is 10.1. The Labute approximate surface area is 129 Å². The standard InChI is InChI=1S/C16H21NO3S/c18-15(17-14-7-2-1-3-8-14)11-21-10-12-5-4-6-13(9-12)16(19)20/h4-6,9,14H,1-3,7-8,10-11H2,(H,17,18)(H,19,20). The summed E-state index contributed by atoms with van der Waals surface area (Å²) in [5.41, 5.74) is 1.23. The van der Waals surface area contributed by atoms with Crippen LogP contribution in [0.25, 0.3) is 0 Å². The van der Waals surface area contributed by atoms with Crippen molar-refractivity contribution < 1.29 is 14.7 Å². The molecular formula is C16H21NO3S. The zero-order valence-corrected chi connectivity index (χ0v) is 12.8. The van der Waals surface area contributed by atoms with E-state index in [0.717, 1.165) is 18.4 Å². The highest BCUT2D eigenvalue weighted by molar-refractivity contribution is 7.99. The molecule has 0 bridgehead atoms. The highest BCUT2D eigenvalue weighted by Crippen LogP contribution is 2.18. The van der Waals surface area contributed by atoms with E-state index in [9.17, 15) is 9.59 Å². The van der Waals surface area contributed by atoms with Gasteiger partial charge >= 0.3 is 5.97 Å². The van der Waals surface area contributed by atoms with E-state index in [1.54, 1.807) is 18.2 Å². The van der Waals surface area contributed by atoms with Crippen molar-refractivity contribution in [3.8, 4) is 0 Å². The van der Waals surface area contributed by atoms with Gasteiger partial charge in [-0.25, -0.2) is 4.79 Å². The molecule has 1 aliphatic carbocycles. The number of carbonyl (C=O) groups is 2. The van der Waals surface area contributed by atoms with Gasteiger partial charge in [-0.1, -0.05) is 31.4 Å². The molecule has 1 aliphatic rings. The number of benzene rings is 1. The average Bonchev–Trinajstić information content (AvgIpc) is 2.48. The summed E-state index contributed by atoms with van der Waals surface area (Å²) in [6.45, 7) is 0. The number of carboxylic acid groups (broad SMARTS) is 1. The molecule has 21 heavy (non-hydrogen) atoms. The van der Waals surface area contributed by atoms with Crippen molar-refractivity contribution in [2.45, 2.75) is 43.9 Å². The molecule has 2 rings (SSSR count). The Bertz CT molecular complexity index is 498. The topological polar surface area (TPSA) is 66.4 Å². The van der Waals surface area contributed by atoms with Crippen LogP contribution in [0.15, 0.2) is 24.3 Å². The third-order valence-electron chi connectivity index (χ3n) is 3.65. The third-order valence-corrected chi connectivity index (χ3v) is 4.65. The molecule has 1 aromatic rings. The largest absolute Gasteiger partial charge is 0.478 e. The summed E-state index contributed by atoms with van der Waals surface area (Å²) in [4.78, 5) is 22.7. The van der Waals surface area contributed by atoms with Gasteiger partial charge in [0, 0.05) is 11.8 Å². The fourth-order valence-electron chi connectivity index (χ4n) is 2.57. The normalized spacial score (nSPS) is 15.6. The van der Waals surface area contributed by atoms with E-state index >= 15 is 0 Å². The lowest BCUT2D eigenvalue weighted by Crippen LogP contribution is -2.37. The van der Waals surface area contributed by atoms with Crippen molar-refractivity contribution in [3.05, 3.63) is 35.4 Å². The molecule has 0 spiro atoms. The summed E-state index contributed by atoms with van der Waals surface area (Å²) >= 11 is 1.52. The molecule has 114 valence electrons. The Morgan fingerprint density at radius 2 is 2.00 bits per heavy atom. The maximum absolute atomic E-state index is 11.9. The lowest BCUT2D eigenvalue weighted by molar-refractivity contribution is -0.119. The molecular weight excluding hydrogens is 286 g/mol. The highest BCUT2D eigenvalue weighted by Gasteiger charge is 2.15. The van der Waals surface area contributed by atoms with Gasteiger partial charge in [-0.15, -0.1) is 11.8 Å². The van der Waals surface area contributed by atoms with Crippen LogP contribution in [-0.2, 0) is 10.5 Å². The van der Waals surface area contributed by atoms with Crippen molar-refractivity contribution in [2.24, 2.45) is 0 Å². The number of thioether (sulfide) groups is 1. The fourth-order valence-corrected chi connectivity index (χ4v) is 3.36. The monoisotopic (exact) mass is 307 g/mol. The van der Waals surface area contributed by atoms with Crippen LogP contribution < -0.4 is 5.32 Å². The quantitative estimate of drug-likeness (QED) is 0.847. The minimum Gasteiger partial charge on any atom is -0.478 e. The zero-order chi connectivity index (χ0) is 15.1. The summed E-state index contributed by atoms with van der Waals surface area (Å²) in [6, 6.07) is 7.21. The molecule has 1 fully saturated rings. The number of amides is 1. The Morgan fingerprint density at radius 1 is 1.24 bits per heavy atom. The van der Waals surface area contributed by atoms with Gasteiger partial charge in [0.25, 0.3) is 0 Å². The molecule has 5 heteroatoms. The Kier molecular flexibility index (Phi) is 6.11. The third kappa shape index (κ3) is 5.42. The van der Waals surface area contributed by atoms with Crippen LogP contribution in [-0.4, -0.2) is 28.8 Å². The van der Waals surface area contributed by atoms with Gasteiger partial charge in [0.1, 0.15) is 0 Å². The predicted molar refractivity (Wildman–Crippen MR) is 84.6 cm³/mol. The van der Waals surface area contributed by atoms with Gasteiger partial charge in [0.15, 0.2) is 0 Å². The van der Waals surface area contributed by atoms with E-state index in [2.05, 4.69) is 5.32 Å². The first-order valence-corrected chi connectivity index (χ1v) is 8.50. The minimum absolute atomic E-state index is 0.0845. The number of nitrogens with one attached hydrogen (secondary N) is 1. The lowest BCUT2D eigenvalue weighted by atomic mass is 9.95. The van der Waals surface area contributed by atoms with Crippen molar-refractivity contribution in [1.82, 2.24) is 5.32 Å². The van der Waals surface area contributed by atoms with Gasteiger partial charge < -0.3 is 10.4 Å². The van der Waals surface area contributed by atoms with Crippen LogP contribution in [0.2, 0.25) is 0 Å². The van der Waals surface area contributed by atoms with Crippen LogP contribution in [0.5, 0.6) is 0 Å². The Hall–Kier alpha value is -1.49. The van der Waals surface area contributed by atoms with E-state index < -0.39 is 5.97 Å². The van der Waals surface area contributed by atoms with E-state index in [-0.39, 0.29) is 5.91 Å². The summed E-state index contributed by atoms with van der Waals surface area (Å²) in [7, 11) is 0. The molecule has 1 saturated carbocycles. The second kappa shape index (κ2) is 8.08. The molecule has 4 nitrogen and oxygen atoms in total. The van der Waals surface area contributed by atoms with Gasteiger partial charge in [-0.05, 0) is 30.5 Å². The fraction of sp³-hybridized carbons (Fsp3) is 0.500. The van der Waals surface area contributed by atoms with Crippen molar-refractivity contribution in [1.29, 1.82) is 0 Å². The molecule has 0 atom stereocenters. The smallest absolute Gasteiger partial charge is 0.335 e. The van der Waals surface area contributed by atoms with Crippen molar-refractivity contribution in [2.75, 3.05) is 5.75 Å². The van der Waals surface area contributed by atoms with Gasteiger partial charge in [0.2, 0.25) is 5.91 Å². The summed E-state index contributed by atoms with van der Waals surface area (Å²) in [5, 5.41) is 12.0. The van der Waals surface area contributed by atoms with E-state index in [0.29, 0.717) is 23.1 Å². The molecule has 0 unspecified atom stereocenters. The number of rotatable bonds is 6. The first-order valence-electron chi connectivity index (χ1n) is 7.34.